The fraction of sp³-hybridized carbons (Fsp3) is 0.381. The Kier molecular flexibility index (Phi) is 11.3. The number of carbonyl (C=O) groups excluding carboxylic acids is 1. The second kappa shape index (κ2) is 12.9. The standard InChI is InChI=1S/C21H27F4NO5P2/c1-6-8-14(9-7-2)30-33(28,26-13(5)21(27)29-12(3)4)31-20-16(23)10-17(32)15(11-22)18(24)19(20)25/h6-10,12-13,17H,1,11,32H2,2-5H3,(H,26,28)/b9-7-,14-8+/t13-,17?,33-/m0/s1. The van der Waals surface area contributed by atoms with Crippen LogP contribution in [0.3, 0.4) is 0 Å². The maximum Gasteiger partial charge on any atom is 0.513 e. The van der Waals surface area contributed by atoms with Crippen molar-refractivity contribution in [3.05, 3.63) is 71.5 Å². The Bertz CT molecular complexity index is 956. The fourth-order valence-corrected chi connectivity index (χ4v) is 4.34. The van der Waals surface area contributed by atoms with Crippen LogP contribution in [0.2, 0.25) is 0 Å². The van der Waals surface area contributed by atoms with Crippen LogP contribution >= 0.6 is 17.0 Å². The molecule has 0 heterocycles. The first-order chi connectivity index (χ1) is 15.4. The third-order valence-corrected chi connectivity index (χ3v) is 6.04. The van der Waals surface area contributed by atoms with Crippen LogP contribution in [0.1, 0.15) is 27.7 Å². The Balaban J connectivity index is 3.51. The molecule has 1 aliphatic carbocycles. The van der Waals surface area contributed by atoms with Crippen molar-refractivity contribution >= 4 is 23.0 Å². The van der Waals surface area contributed by atoms with Gasteiger partial charge in [0.25, 0.3) is 0 Å². The minimum atomic E-state index is -4.81. The van der Waals surface area contributed by atoms with Crippen molar-refractivity contribution in [2.24, 2.45) is 0 Å². The molecule has 4 atom stereocenters. The predicted molar refractivity (Wildman–Crippen MR) is 122 cm³/mol. The smallest absolute Gasteiger partial charge is 0.462 e. The normalized spacial score (nSPS) is 20.4. The van der Waals surface area contributed by atoms with Crippen molar-refractivity contribution in [1.29, 1.82) is 0 Å². The summed E-state index contributed by atoms with van der Waals surface area (Å²) in [4.78, 5) is 12.2. The molecule has 0 radical (unpaired) electrons. The average Bonchev–Trinajstić information content (AvgIpc) is 2.77. The van der Waals surface area contributed by atoms with E-state index in [1.165, 1.54) is 31.2 Å². The maximum absolute atomic E-state index is 14.7. The lowest BCUT2D eigenvalue weighted by Crippen LogP contribution is -2.35. The SMILES string of the molecule is C=C/C=C(\C=C/C)O[P@@](=O)(N[C@@H](C)C(=O)OC(C)C)OC1=C(F)C(F)=C(CF)C(P)C=C1F. The molecule has 33 heavy (non-hydrogen) atoms. The monoisotopic (exact) mass is 511 g/mol. The lowest BCUT2D eigenvalue weighted by atomic mass is 10.2. The molecule has 1 rings (SSSR count). The van der Waals surface area contributed by atoms with Crippen LogP contribution in [0.4, 0.5) is 17.6 Å². The molecule has 184 valence electrons. The van der Waals surface area contributed by atoms with Crippen molar-refractivity contribution in [1.82, 2.24) is 5.09 Å². The van der Waals surface area contributed by atoms with Gasteiger partial charge in [-0.3, -0.25) is 4.79 Å². The summed E-state index contributed by atoms with van der Waals surface area (Å²) in [5.74, 6) is -7.46. The van der Waals surface area contributed by atoms with E-state index in [2.05, 4.69) is 11.7 Å². The van der Waals surface area contributed by atoms with E-state index in [4.69, 9.17) is 13.8 Å². The zero-order chi connectivity index (χ0) is 25.3. The Morgan fingerprint density at radius 1 is 1.30 bits per heavy atom. The first-order valence-electron chi connectivity index (χ1n) is 9.79. The topological polar surface area (TPSA) is 73.9 Å². The van der Waals surface area contributed by atoms with Crippen molar-refractivity contribution in [2.45, 2.75) is 45.5 Å². The molecule has 6 nitrogen and oxygen atoms in total. The summed E-state index contributed by atoms with van der Waals surface area (Å²) >= 11 is 0. The quantitative estimate of drug-likeness (QED) is 0.117. The molecule has 1 aliphatic rings. The van der Waals surface area contributed by atoms with E-state index in [9.17, 15) is 26.9 Å². The molecular formula is C21H27F4NO5P2. The Morgan fingerprint density at radius 3 is 2.45 bits per heavy atom. The van der Waals surface area contributed by atoms with E-state index >= 15 is 0 Å². The highest BCUT2D eigenvalue weighted by Crippen LogP contribution is 2.52. The lowest BCUT2D eigenvalue weighted by Gasteiger charge is -2.24. The van der Waals surface area contributed by atoms with Crippen LogP contribution in [0.5, 0.6) is 0 Å². The minimum Gasteiger partial charge on any atom is -0.462 e. The molecule has 0 aromatic heterocycles. The van der Waals surface area contributed by atoms with Gasteiger partial charge in [-0.15, -0.1) is 9.24 Å². The molecule has 0 saturated carbocycles. The summed E-state index contributed by atoms with van der Waals surface area (Å²) in [5, 5.41) is 2.22. The Morgan fingerprint density at radius 2 is 1.94 bits per heavy atom. The lowest BCUT2D eigenvalue weighted by molar-refractivity contribution is -0.149. The summed E-state index contributed by atoms with van der Waals surface area (Å²) in [6.07, 6.45) is 5.53. The summed E-state index contributed by atoms with van der Waals surface area (Å²) in [6.45, 7) is 8.09. The highest BCUT2D eigenvalue weighted by molar-refractivity contribution is 7.52. The molecule has 0 aromatic rings. The van der Waals surface area contributed by atoms with Crippen LogP contribution in [0.25, 0.3) is 0 Å². The average molecular weight is 511 g/mol. The summed E-state index contributed by atoms with van der Waals surface area (Å²) < 4.78 is 85.8. The van der Waals surface area contributed by atoms with E-state index in [1.807, 2.05) is 9.24 Å². The van der Waals surface area contributed by atoms with Crippen molar-refractivity contribution in [2.75, 3.05) is 6.67 Å². The number of nitrogens with one attached hydrogen (secondary N) is 1. The van der Waals surface area contributed by atoms with Crippen LogP contribution in [0, 0.1) is 0 Å². The molecule has 12 heteroatoms. The van der Waals surface area contributed by atoms with Gasteiger partial charge in [0.05, 0.1) is 6.10 Å². The van der Waals surface area contributed by atoms with Gasteiger partial charge in [-0.25, -0.2) is 17.7 Å². The van der Waals surface area contributed by atoms with Crippen molar-refractivity contribution in [3.8, 4) is 0 Å². The zero-order valence-corrected chi connectivity index (χ0v) is 20.7. The largest absolute Gasteiger partial charge is 0.513 e. The summed E-state index contributed by atoms with van der Waals surface area (Å²) in [5.41, 5.74) is -1.92. The number of rotatable bonds is 11. The molecule has 0 aliphatic heterocycles. The number of esters is 1. The van der Waals surface area contributed by atoms with Gasteiger partial charge < -0.3 is 13.8 Å². The molecule has 1 N–H and O–H groups in total. The number of hydrogen-bond acceptors (Lipinski definition) is 5. The zero-order valence-electron chi connectivity index (χ0n) is 18.6. The number of alkyl halides is 1. The Labute approximate surface area is 192 Å². The molecule has 0 saturated heterocycles. The van der Waals surface area contributed by atoms with Crippen LogP contribution in [0.15, 0.2) is 71.5 Å². The number of hydrogen-bond donors (Lipinski definition) is 1. The highest BCUT2D eigenvalue weighted by atomic mass is 31.2. The number of carbonyl (C=O) groups is 1. The third kappa shape index (κ3) is 8.29. The molecule has 0 bridgehead atoms. The van der Waals surface area contributed by atoms with Gasteiger partial charge in [-0.05, 0) is 45.9 Å². The Hall–Kier alpha value is -2.15. The number of ether oxygens (including phenoxy) is 1. The highest BCUT2D eigenvalue weighted by Gasteiger charge is 2.38. The van der Waals surface area contributed by atoms with Crippen LogP contribution < -0.4 is 5.09 Å². The predicted octanol–water partition coefficient (Wildman–Crippen LogP) is 6.19. The number of halogens is 4. The van der Waals surface area contributed by atoms with Crippen LogP contribution in [-0.4, -0.2) is 30.4 Å². The van der Waals surface area contributed by atoms with Gasteiger partial charge in [0.15, 0.2) is 11.7 Å². The second-order valence-electron chi connectivity index (χ2n) is 6.98. The maximum atomic E-state index is 14.7. The van der Waals surface area contributed by atoms with E-state index in [1.54, 1.807) is 20.8 Å². The minimum absolute atomic E-state index is 0.115. The third-order valence-electron chi connectivity index (χ3n) is 3.87. The molecule has 0 aromatic carbocycles. The van der Waals surface area contributed by atoms with Crippen molar-refractivity contribution < 1.29 is 40.7 Å². The van der Waals surface area contributed by atoms with E-state index < -0.39 is 67.0 Å². The summed E-state index contributed by atoms with van der Waals surface area (Å²) in [6, 6.07) is -1.33. The molecule has 2 unspecified atom stereocenters. The molecule has 0 spiro atoms. The van der Waals surface area contributed by atoms with Crippen molar-refractivity contribution in [3.63, 3.8) is 0 Å². The van der Waals surface area contributed by atoms with E-state index in [0.29, 0.717) is 6.08 Å². The van der Waals surface area contributed by atoms with Gasteiger partial charge in [0, 0.05) is 11.2 Å². The van der Waals surface area contributed by atoms with Gasteiger partial charge in [0.2, 0.25) is 11.6 Å². The second-order valence-corrected chi connectivity index (χ2v) is 9.31. The fourth-order valence-electron chi connectivity index (χ4n) is 2.41. The van der Waals surface area contributed by atoms with Gasteiger partial charge in [-0.1, -0.05) is 18.7 Å². The number of allylic oxidation sites excluding steroid dienone is 9. The van der Waals surface area contributed by atoms with Gasteiger partial charge >= 0.3 is 13.7 Å². The first-order valence-corrected chi connectivity index (χ1v) is 12.0. The molecule has 0 fully saturated rings. The van der Waals surface area contributed by atoms with Crippen LogP contribution in [-0.2, 0) is 23.1 Å². The molecular weight excluding hydrogens is 484 g/mol. The van der Waals surface area contributed by atoms with Gasteiger partial charge in [0.1, 0.15) is 18.5 Å². The van der Waals surface area contributed by atoms with Gasteiger partial charge in [-0.2, -0.15) is 9.48 Å². The summed E-state index contributed by atoms with van der Waals surface area (Å²) in [7, 11) is -2.86. The first kappa shape index (κ1) is 28.9. The van der Waals surface area contributed by atoms with E-state index in [0.717, 1.165) is 0 Å². The van der Waals surface area contributed by atoms with E-state index in [-0.39, 0.29) is 5.76 Å². The molecule has 0 amide bonds.